The Hall–Kier alpha value is -2.79. The van der Waals surface area contributed by atoms with Crippen molar-refractivity contribution >= 4 is 39.5 Å². The summed E-state index contributed by atoms with van der Waals surface area (Å²) < 4.78 is 0. The second-order valence-electron chi connectivity index (χ2n) is 7.35. The number of amides is 1. The molecule has 0 saturated heterocycles. The molecule has 134 valence electrons. The van der Waals surface area contributed by atoms with Crippen molar-refractivity contribution < 1.29 is 9.59 Å². The number of benzene rings is 2. The zero-order valence-corrected chi connectivity index (χ0v) is 15.7. The van der Waals surface area contributed by atoms with Crippen LogP contribution in [0.2, 0.25) is 0 Å². The van der Waals surface area contributed by atoms with Gasteiger partial charge in [-0.25, -0.2) is 5.43 Å². The molecule has 0 fully saturated rings. The van der Waals surface area contributed by atoms with E-state index in [9.17, 15) is 9.59 Å². The molecule has 0 radical (unpaired) electrons. The summed E-state index contributed by atoms with van der Waals surface area (Å²) in [5.41, 5.74) is 5.64. The van der Waals surface area contributed by atoms with E-state index in [1.54, 1.807) is 11.3 Å². The topological polar surface area (TPSA) is 58.5 Å². The highest BCUT2D eigenvalue weighted by Gasteiger charge is 2.29. The average Bonchev–Trinajstić information content (AvgIpc) is 3.21. The third kappa shape index (κ3) is 2.61. The maximum atomic E-state index is 12.7. The third-order valence-corrected chi connectivity index (χ3v) is 6.68. The lowest BCUT2D eigenvalue weighted by molar-refractivity contribution is 0.0959. The number of carbonyl (C=O) groups excluding carboxylic acids is 2. The molecule has 0 unspecified atom stereocenters. The maximum absolute atomic E-state index is 12.7. The number of nitrogens with zero attached hydrogens (tertiary/aromatic N) is 1. The zero-order valence-electron chi connectivity index (χ0n) is 14.9. The number of thiophene rings is 1. The van der Waals surface area contributed by atoms with E-state index in [4.69, 9.17) is 0 Å². The molecule has 0 bridgehead atoms. The van der Waals surface area contributed by atoms with Gasteiger partial charge in [0.2, 0.25) is 5.78 Å². The molecule has 5 rings (SSSR count). The first-order valence-electron chi connectivity index (χ1n) is 9.18. The molecule has 1 aromatic heterocycles. The van der Waals surface area contributed by atoms with E-state index in [2.05, 4.69) is 17.5 Å². The smallest absolute Gasteiger partial charge is 0.281 e. The second-order valence-corrected chi connectivity index (χ2v) is 8.48. The first-order chi connectivity index (χ1) is 13.1. The van der Waals surface area contributed by atoms with Gasteiger partial charge in [-0.2, -0.15) is 5.10 Å². The van der Waals surface area contributed by atoms with Gasteiger partial charge < -0.3 is 0 Å². The van der Waals surface area contributed by atoms with Crippen LogP contribution in [0, 0.1) is 5.92 Å². The molecule has 3 aromatic rings. The summed E-state index contributed by atoms with van der Waals surface area (Å²) in [6.45, 7) is 2.25. The van der Waals surface area contributed by atoms with Crippen molar-refractivity contribution in [1.82, 2.24) is 5.43 Å². The molecule has 1 N–H and O–H groups in total. The van der Waals surface area contributed by atoms with E-state index in [0.29, 0.717) is 22.1 Å². The maximum Gasteiger partial charge on any atom is 0.281 e. The molecule has 27 heavy (non-hydrogen) atoms. The number of rotatable bonds is 2. The van der Waals surface area contributed by atoms with Gasteiger partial charge in [0, 0.05) is 21.4 Å². The standard InChI is InChI=1S/C22H18N2O2S/c1-12-8-9-17-14(10-12)11-18(27-17)22(26)24-23-20-15-6-2-4-13-5-3-7-16(19(13)15)21(20)25/h2-7,11-12H,8-10H2,1H3,(H,24,26)/b23-20-/t12-/m0/s1. The molecule has 0 aliphatic heterocycles. The first kappa shape index (κ1) is 16.4. The van der Waals surface area contributed by atoms with Gasteiger partial charge >= 0.3 is 0 Å². The van der Waals surface area contributed by atoms with Crippen molar-refractivity contribution in [2.45, 2.75) is 26.2 Å². The average molecular weight is 374 g/mol. The quantitative estimate of drug-likeness (QED) is 0.678. The van der Waals surface area contributed by atoms with Crippen molar-refractivity contribution in [3.8, 4) is 0 Å². The molecule has 1 heterocycles. The molecular weight excluding hydrogens is 356 g/mol. The molecule has 2 aromatic carbocycles. The van der Waals surface area contributed by atoms with Crippen LogP contribution in [0.5, 0.6) is 0 Å². The zero-order chi connectivity index (χ0) is 18.5. The van der Waals surface area contributed by atoms with Gasteiger partial charge in [-0.1, -0.05) is 43.3 Å². The van der Waals surface area contributed by atoms with Crippen LogP contribution in [-0.4, -0.2) is 17.4 Å². The predicted molar refractivity (Wildman–Crippen MR) is 108 cm³/mol. The van der Waals surface area contributed by atoms with Crippen molar-refractivity contribution in [1.29, 1.82) is 0 Å². The Balaban J connectivity index is 1.44. The van der Waals surface area contributed by atoms with Crippen LogP contribution in [0.1, 0.15) is 49.4 Å². The van der Waals surface area contributed by atoms with E-state index in [1.165, 1.54) is 16.9 Å². The van der Waals surface area contributed by atoms with Crippen LogP contribution in [-0.2, 0) is 12.8 Å². The van der Waals surface area contributed by atoms with E-state index in [-0.39, 0.29) is 11.7 Å². The molecule has 2 aliphatic carbocycles. The number of hydrazone groups is 1. The Kier molecular flexibility index (Phi) is 3.72. The summed E-state index contributed by atoms with van der Waals surface area (Å²) in [6, 6.07) is 13.4. The Morgan fingerprint density at radius 3 is 2.78 bits per heavy atom. The summed E-state index contributed by atoms with van der Waals surface area (Å²) in [4.78, 5) is 27.3. The Bertz CT molecular complexity index is 1140. The minimum absolute atomic E-state index is 0.138. The summed E-state index contributed by atoms with van der Waals surface area (Å²) in [7, 11) is 0. The Morgan fingerprint density at radius 2 is 1.96 bits per heavy atom. The third-order valence-electron chi connectivity index (χ3n) is 5.44. The molecule has 0 saturated carbocycles. The van der Waals surface area contributed by atoms with E-state index < -0.39 is 0 Å². The highest BCUT2D eigenvalue weighted by atomic mass is 32.1. The molecule has 1 atom stereocenters. The molecular formula is C22H18N2O2S. The van der Waals surface area contributed by atoms with Gasteiger partial charge in [0.1, 0.15) is 5.71 Å². The van der Waals surface area contributed by atoms with Gasteiger partial charge in [-0.3, -0.25) is 9.59 Å². The molecule has 5 heteroatoms. The number of fused-ring (bicyclic) bond motifs is 1. The SMILES string of the molecule is C[C@H]1CCc2sc(C(=O)N/N=C3\C(=O)c4cccc5cccc3c45)cc2C1. The summed E-state index contributed by atoms with van der Waals surface area (Å²) in [6.07, 6.45) is 3.25. The van der Waals surface area contributed by atoms with E-state index >= 15 is 0 Å². The van der Waals surface area contributed by atoms with E-state index in [0.717, 1.165) is 29.2 Å². The van der Waals surface area contributed by atoms with Gasteiger partial charge in [0.15, 0.2) is 0 Å². The highest BCUT2D eigenvalue weighted by molar-refractivity contribution is 7.14. The minimum atomic E-state index is -0.245. The van der Waals surface area contributed by atoms with Crippen molar-refractivity contribution in [2.75, 3.05) is 0 Å². The van der Waals surface area contributed by atoms with Crippen LogP contribution in [0.15, 0.2) is 47.6 Å². The normalized spacial score (nSPS) is 19.5. The lowest BCUT2D eigenvalue weighted by atomic mass is 9.90. The largest absolute Gasteiger partial charge is 0.287 e. The number of aryl methyl sites for hydroxylation is 1. The lowest BCUT2D eigenvalue weighted by Crippen LogP contribution is -2.21. The summed E-state index contributed by atoms with van der Waals surface area (Å²) >= 11 is 1.54. The number of ketones is 1. The first-order valence-corrected chi connectivity index (χ1v) is 10.00. The number of hydrogen-bond donors (Lipinski definition) is 1. The molecule has 0 spiro atoms. The number of nitrogens with one attached hydrogen (secondary N) is 1. The van der Waals surface area contributed by atoms with Gasteiger partial charge in [0.25, 0.3) is 5.91 Å². The molecule has 1 amide bonds. The summed E-state index contributed by atoms with van der Waals surface area (Å²) in [5, 5.41) is 6.14. The van der Waals surface area contributed by atoms with Crippen molar-refractivity contribution in [3.05, 3.63) is 68.9 Å². The molecule has 4 nitrogen and oxygen atoms in total. The van der Waals surface area contributed by atoms with Crippen LogP contribution in [0.25, 0.3) is 10.8 Å². The van der Waals surface area contributed by atoms with E-state index in [1.807, 2.05) is 42.5 Å². The number of hydrogen-bond acceptors (Lipinski definition) is 4. The van der Waals surface area contributed by atoms with Crippen LogP contribution in [0.3, 0.4) is 0 Å². The number of carbonyl (C=O) groups is 2. The van der Waals surface area contributed by atoms with Gasteiger partial charge in [-0.05, 0) is 42.2 Å². The second kappa shape index (κ2) is 6.13. The van der Waals surface area contributed by atoms with Crippen molar-refractivity contribution in [3.63, 3.8) is 0 Å². The summed E-state index contributed by atoms with van der Waals surface area (Å²) in [5.74, 6) is 0.283. The van der Waals surface area contributed by atoms with Crippen LogP contribution >= 0.6 is 11.3 Å². The highest BCUT2D eigenvalue weighted by Crippen LogP contribution is 2.33. The van der Waals surface area contributed by atoms with Gasteiger partial charge in [0.05, 0.1) is 4.88 Å². The minimum Gasteiger partial charge on any atom is -0.287 e. The van der Waals surface area contributed by atoms with Gasteiger partial charge in [-0.15, -0.1) is 11.3 Å². The monoisotopic (exact) mass is 374 g/mol. The Morgan fingerprint density at radius 1 is 1.19 bits per heavy atom. The fourth-order valence-corrected chi connectivity index (χ4v) is 5.17. The lowest BCUT2D eigenvalue weighted by Gasteiger charge is -2.16. The Labute approximate surface area is 160 Å². The predicted octanol–water partition coefficient (Wildman–Crippen LogP) is 4.36. The fraction of sp³-hybridized carbons (Fsp3) is 0.227. The molecule has 2 aliphatic rings. The van der Waals surface area contributed by atoms with Crippen LogP contribution in [0.4, 0.5) is 0 Å². The fourth-order valence-electron chi connectivity index (χ4n) is 4.07. The van der Waals surface area contributed by atoms with Crippen LogP contribution < -0.4 is 5.43 Å². The van der Waals surface area contributed by atoms with Crippen molar-refractivity contribution in [2.24, 2.45) is 11.0 Å². The number of Topliss-reactive ketones (excluding diaryl/α,β-unsaturated/α-hetero) is 1.